The van der Waals surface area contributed by atoms with Crippen molar-refractivity contribution in [1.82, 2.24) is 9.88 Å². The van der Waals surface area contributed by atoms with Gasteiger partial charge in [-0.1, -0.05) is 31.5 Å². The van der Waals surface area contributed by atoms with Crippen LogP contribution in [0.25, 0.3) is 0 Å². The maximum Gasteiger partial charge on any atom is 0.231 e. The van der Waals surface area contributed by atoms with Crippen molar-refractivity contribution in [1.29, 1.82) is 0 Å². The molecule has 2 aliphatic heterocycles. The maximum atomic E-state index is 13.6. The lowest BCUT2D eigenvalue weighted by Crippen LogP contribution is -2.47. The van der Waals surface area contributed by atoms with Gasteiger partial charge in [-0.05, 0) is 49.8 Å². The van der Waals surface area contributed by atoms with E-state index in [1.54, 1.807) is 13.3 Å². The zero-order chi connectivity index (χ0) is 25.5. The molecule has 0 aliphatic carbocycles. The van der Waals surface area contributed by atoms with E-state index in [1.807, 2.05) is 41.3 Å². The molecular weight excluding hydrogens is 456 g/mol. The van der Waals surface area contributed by atoms with E-state index in [-0.39, 0.29) is 24.5 Å². The van der Waals surface area contributed by atoms with Gasteiger partial charge in [0.1, 0.15) is 11.6 Å². The molecule has 8 nitrogen and oxygen atoms in total. The summed E-state index contributed by atoms with van der Waals surface area (Å²) in [5, 5.41) is 12.4. The Morgan fingerprint density at radius 3 is 2.61 bits per heavy atom. The molecule has 0 bridgehead atoms. The largest absolute Gasteiger partial charge is 0.496 e. The van der Waals surface area contributed by atoms with E-state index in [0.717, 1.165) is 50.0 Å². The fourth-order valence-electron chi connectivity index (χ4n) is 5.35. The van der Waals surface area contributed by atoms with Crippen LogP contribution in [0, 0.1) is 11.8 Å². The number of unbranched alkanes of at least 4 members (excludes halogenated alkanes) is 1. The molecule has 0 unspecified atom stereocenters. The monoisotopic (exact) mass is 494 g/mol. The first-order valence-corrected chi connectivity index (χ1v) is 13.1. The number of aromatic nitrogens is 1. The third kappa shape index (κ3) is 5.81. The number of likely N-dealkylation sites (tertiary alicyclic amines) is 1. The van der Waals surface area contributed by atoms with Crippen LogP contribution in [0.5, 0.6) is 5.75 Å². The molecule has 2 aliphatic rings. The van der Waals surface area contributed by atoms with Crippen molar-refractivity contribution in [3.05, 3.63) is 48.2 Å². The molecule has 2 N–H and O–H groups in total. The minimum absolute atomic E-state index is 0.0795. The highest BCUT2D eigenvalue weighted by Crippen LogP contribution is 2.41. The summed E-state index contributed by atoms with van der Waals surface area (Å²) in [6, 6.07) is 11.1. The number of rotatable bonds is 9. The number of aliphatic hydroxyl groups is 1. The fraction of sp³-hybridized carbons (Fsp3) is 0.536. The van der Waals surface area contributed by atoms with Gasteiger partial charge in [-0.2, -0.15) is 0 Å². The number of pyridine rings is 1. The Hall–Kier alpha value is -3.13. The SMILES string of the molecule is CCCCN1C(=O)CC[C@@H](C(=O)Nc2ccc(N3CCC(CO)CC3)cn2)[C@@H]1c1ccccc1OC. The van der Waals surface area contributed by atoms with E-state index in [1.165, 1.54) is 0 Å². The molecule has 0 saturated carbocycles. The molecule has 2 atom stereocenters. The average Bonchev–Trinajstić information content (AvgIpc) is 2.92. The van der Waals surface area contributed by atoms with E-state index < -0.39 is 5.92 Å². The predicted molar refractivity (Wildman–Crippen MR) is 140 cm³/mol. The third-order valence-electron chi connectivity index (χ3n) is 7.49. The zero-order valence-electron chi connectivity index (χ0n) is 21.4. The smallest absolute Gasteiger partial charge is 0.231 e. The van der Waals surface area contributed by atoms with Gasteiger partial charge in [0.2, 0.25) is 11.8 Å². The highest BCUT2D eigenvalue weighted by atomic mass is 16.5. The summed E-state index contributed by atoms with van der Waals surface area (Å²) >= 11 is 0. The van der Waals surface area contributed by atoms with Crippen molar-refractivity contribution < 1.29 is 19.4 Å². The fourth-order valence-corrected chi connectivity index (χ4v) is 5.35. The molecule has 2 saturated heterocycles. The Bertz CT molecular complexity index is 1020. The number of nitrogens with zero attached hydrogens (tertiary/aromatic N) is 3. The number of ether oxygens (including phenoxy) is 1. The van der Waals surface area contributed by atoms with E-state index >= 15 is 0 Å². The predicted octanol–water partition coefficient (Wildman–Crippen LogP) is 4.02. The topological polar surface area (TPSA) is 95.0 Å². The molecule has 8 heteroatoms. The summed E-state index contributed by atoms with van der Waals surface area (Å²) in [5.41, 5.74) is 1.88. The number of carbonyl (C=O) groups excluding carboxylic acids is 2. The highest BCUT2D eigenvalue weighted by Gasteiger charge is 2.41. The van der Waals surface area contributed by atoms with E-state index in [9.17, 15) is 14.7 Å². The van der Waals surface area contributed by atoms with Crippen LogP contribution < -0.4 is 15.0 Å². The Morgan fingerprint density at radius 1 is 1.17 bits per heavy atom. The van der Waals surface area contributed by atoms with Crippen LogP contribution in [-0.4, -0.2) is 60.2 Å². The highest BCUT2D eigenvalue weighted by molar-refractivity contribution is 5.94. The van der Waals surface area contributed by atoms with Gasteiger partial charge in [-0.3, -0.25) is 9.59 Å². The van der Waals surface area contributed by atoms with Gasteiger partial charge >= 0.3 is 0 Å². The quantitative estimate of drug-likeness (QED) is 0.547. The number of piperidine rings is 2. The molecule has 36 heavy (non-hydrogen) atoms. The van der Waals surface area contributed by atoms with Gasteiger partial charge < -0.3 is 25.0 Å². The number of methoxy groups -OCH3 is 1. The van der Waals surface area contributed by atoms with Crippen molar-refractivity contribution in [3.63, 3.8) is 0 Å². The Labute approximate surface area is 213 Å². The first-order valence-electron chi connectivity index (χ1n) is 13.1. The zero-order valence-corrected chi connectivity index (χ0v) is 21.4. The third-order valence-corrected chi connectivity index (χ3v) is 7.49. The average molecular weight is 495 g/mol. The first kappa shape index (κ1) is 25.9. The molecule has 2 aromatic rings. The minimum atomic E-state index is -0.408. The van der Waals surface area contributed by atoms with Crippen molar-refractivity contribution in [3.8, 4) is 5.75 Å². The second-order valence-corrected chi connectivity index (χ2v) is 9.78. The number of para-hydroxylation sites is 1. The molecule has 2 fully saturated rings. The van der Waals surface area contributed by atoms with Gasteiger partial charge in [0.15, 0.2) is 0 Å². The molecule has 3 heterocycles. The van der Waals surface area contributed by atoms with E-state index in [0.29, 0.717) is 36.9 Å². The summed E-state index contributed by atoms with van der Waals surface area (Å²) in [4.78, 5) is 35.2. The molecule has 1 aromatic heterocycles. The molecule has 194 valence electrons. The summed E-state index contributed by atoms with van der Waals surface area (Å²) in [5.74, 6) is 1.10. The number of benzene rings is 1. The molecule has 1 aromatic carbocycles. The lowest BCUT2D eigenvalue weighted by Gasteiger charge is -2.41. The Balaban J connectivity index is 1.52. The van der Waals surface area contributed by atoms with Crippen molar-refractivity contribution in [2.45, 2.75) is 51.5 Å². The number of amides is 2. The van der Waals surface area contributed by atoms with Gasteiger partial charge in [-0.15, -0.1) is 0 Å². The van der Waals surface area contributed by atoms with E-state index in [2.05, 4.69) is 22.1 Å². The number of hydrogen-bond acceptors (Lipinski definition) is 6. The second kappa shape index (κ2) is 12.2. The number of aliphatic hydroxyl groups excluding tert-OH is 1. The maximum absolute atomic E-state index is 13.6. The number of hydrogen-bond donors (Lipinski definition) is 2. The van der Waals surface area contributed by atoms with E-state index in [4.69, 9.17) is 4.74 Å². The Kier molecular flexibility index (Phi) is 8.80. The minimum Gasteiger partial charge on any atom is -0.496 e. The van der Waals surface area contributed by atoms with Crippen molar-refractivity contribution >= 4 is 23.3 Å². The van der Waals surface area contributed by atoms with Crippen LogP contribution >= 0.6 is 0 Å². The Morgan fingerprint density at radius 2 is 1.94 bits per heavy atom. The molecule has 4 rings (SSSR count). The summed E-state index contributed by atoms with van der Waals surface area (Å²) in [6.45, 7) is 4.74. The van der Waals surface area contributed by atoms with Crippen LogP contribution in [0.2, 0.25) is 0 Å². The second-order valence-electron chi connectivity index (χ2n) is 9.78. The summed E-state index contributed by atoms with van der Waals surface area (Å²) < 4.78 is 5.62. The standard InChI is InChI=1S/C28H38N4O4/c1-3-4-15-32-26(34)12-10-23(27(32)22-7-5-6-8-24(22)36-2)28(35)30-25-11-9-21(18-29-25)31-16-13-20(19-33)14-17-31/h5-9,11,18,20,23,27,33H,3-4,10,12-17,19H2,1-2H3,(H,29,30,35)/t23-,27+/m1/s1. The summed E-state index contributed by atoms with van der Waals surface area (Å²) in [7, 11) is 1.62. The van der Waals surface area contributed by atoms with Gasteiger partial charge in [0.25, 0.3) is 0 Å². The van der Waals surface area contributed by atoms with Gasteiger partial charge in [-0.25, -0.2) is 4.98 Å². The number of anilines is 2. The van der Waals surface area contributed by atoms with Crippen LogP contribution in [0.4, 0.5) is 11.5 Å². The number of carbonyl (C=O) groups is 2. The van der Waals surface area contributed by atoms with Crippen LogP contribution in [0.1, 0.15) is 57.1 Å². The number of nitrogens with one attached hydrogen (secondary N) is 1. The normalized spacial score (nSPS) is 20.9. The lowest BCUT2D eigenvalue weighted by molar-refractivity contribution is -0.142. The molecule has 0 spiro atoms. The van der Waals surface area contributed by atoms with Crippen molar-refractivity contribution in [2.75, 3.05) is 43.6 Å². The lowest BCUT2D eigenvalue weighted by atomic mass is 9.83. The van der Waals surface area contributed by atoms with Crippen molar-refractivity contribution in [2.24, 2.45) is 11.8 Å². The first-order chi connectivity index (χ1) is 17.5. The molecule has 2 amide bonds. The molecular formula is C28H38N4O4. The van der Waals surface area contributed by atoms with Gasteiger partial charge in [0.05, 0.1) is 31.0 Å². The van der Waals surface area contributed by atoms with Crippen LogP contribution in [0.3, 0.4) is 0 Å². The molecule has 0 radical (unpaired) electrons. The summed E-state index contributed by atoms with van der Waals surface area (Å²) in [6.07, 6.45) is 6.40. The van der Waals surface area contributed by atoms with Crippen LogP contribution in [-0.2, 0) is 9.59 Å². The van der Waals surface area contributed by atoms with Gasteiger partial charge in [0, 0.05) is 38.2 Å². The van der Waals surface area contributed by atoms with Crippen LogP contribution in [0.15, 0.2) is 42.6 Å².